The van der Waals surface area contributed by atoms with Gasteiger partial charge in [-0.2, -0.15) is 0 Å². The van der Waals surface area contributed by atoms with Crippen LogP contribution in [-0.4, -0.2) is 23.0 Å². The van der Waals surface area contributed by atoms with Crippen molar-refractivity contribution < 1.29 is 9.90 Å². The number of nitrogens with two attached hydrogens (primary N) is 1. The van der Waals surface area contributed by atoms with Gasteiger partial charge in [-0.3, -0.25) is 4.79 Å². The van der Waals surface area contributed by atoms with Gasteiger partial charge in [-0.05, 0) is 12.8 Å². The molecule has 0 aromatic rings. The van der Waals surface area contributed by atoms with Crippen LogP contribution in [0.4, 0.5) is 0 Å². The van der Waals surface area contributed by atoms with Gasteiger partial charge in [0.1, 0.15) is 0 Å². The van der Waals surface area contributed by atoms with Crippen LogP contribution >= 0.6 is 0 Å². The SMILES string of the molecule is [CH2]C(O)CC(=O)[C@@H](N)C(C)C. The third-order valence-corrected chi connectivity index (χ3v) is 1.53. The van der Waals surface area contributed by atoms with Crippen LogP contribution in [-0.2, 0) is 4.79 Å². The van der Waals surface area contributed by atoms with Crippen LogP contribution in [0.3, 0.4) is 0 Å². The molecule has 11 heavy (non-hydrogen) atoms. The zero-order chi connectivity index (χ0) is 9.02. The van der Waals surface area contributed by atoms with Gasteiger partial charge in [0, 0.05) is 6.42 Å². The average molecular weight is 158 g/mol. The molecule has 0 fully saturated rings. The second kappa shape index (κ2) is 4.46. The Morgan fingerprint density at radius 3 is 2.36 bits per heavy atom. The molecule has 0 aliphatic carbocycles. The molecule has 0 heterocycles. The van der Waals surface area contributed by atoms with Crippen molar-refractivity contribution in [1.82, 2.24) is 0 Å². The highest BCUT2D eigenvalue weighted by Gasteiger charge is 2.18. The molecule has 0 saturated heterocycles. The highest BCUT2D eigenvalue weighted by atomic mass is 16.3. The lowest BCUT2D eigenvalue weighted by atomic mass is 9.98. The molecule has 0 amide bonds. The molecular weight excluding hydrogens is 142 g/mol. The van der Waals surface area contributed by atoms with Gasteiger partial charge in [0.15, 0.2) is 5.78 Å². The van der Waals surface area contributed by atoms with Gasteiger partial charge in [-0.15, -0.1) is 0 Å². The number of Topliss-reactive ketones (excluding diaryl/α,β-unsaturated/α-hetero) is 1. The Kier molecular flexibility index (Phi) is 4.30. The van der Waals surface area contributed by atoms with E-state index in [-0.39, 0.29) is 18.1 Å². The van der Waals surface area contributed by atoms with Crippen molar-refractivity contribution >= 4 is 5.78 Å². The number of aliphatic hydroxyl groups is 1. The molecule has 2 atom stereocenters. The topological polar surface area (TPSA) is 63.3 Å². The Bertz CT molecular complexity index is 132. The number of carbonyl (C=O) groups excluding carboxylic acids is 1. The molecule has 3 nitrogen and oxygen atoms in total. The summed E-state index contributed by atoms with van der Waals surface area (Å²) < 4.78 is 0. The molecule has 0 spiro atoms. The Morgan fingerprint density at radius 1 is 1.64 bits per heavy atom. The summed E-state index contributed by atoms with van der Waals surface area (Å²) in [5.41, 5.74) is 5.52. The second-order valence-corrected chi connectivity index (χ2v) is 3.09. The van der Waals surface area contributed by atoms with Crippen molar-refractivity contribution in [3.8, 4) is 0 Å². The molecule has 0 rings (SSSR count). The lowest BCUT2D eigenvalue weighted by Crippen LogP contribution is -2.36. The molecule has 0 aromatic heterocycles. The first kappa shape index (κ1) is 10.6. The van der Waals surface area contributed by atoms with Crippen LogP contribution < -0.4 is 5.73 Å². The average Bonchev–Trinajstić information content (AvgIpc) is 1.84. The third-order valence-electron chi connectivity index (χ3n) is 1.53. The molecule has 0 aliphatic rings. The zero-order valence-electron chi connectivity index (χ0n) is 7.08. The van der Waals surface area contributed by atoms with Gasteiger partial charge < -0.3 is 10.8 Å². The molecule has 0 aromatic carbocycles. The molecule has 0 bridgehead atoms. The van der Waals surface area contributed by atoms with Crippen LogP contribution in [0.5, 0.6) is 0 Å². The van der Waals surface area contributed by atoms with Crippen molar-refractivity contribution in [1.29, 1.82) is 0 Å². The maximum atomic E-state index is 11.1. The van der Waals surface area contributed by atoms with E-state index in [0.717, 1.165) is 0 Å². The van der Waals surface area contributed by atoms with Crippen LogP contribution in [0, 0.1) is 12.8 Å². The van der Waals surface area contributed by atoms with Crippen LogP contribution in [0.1, 0.15) is 20.3 Å². The summed E-state index contributed by atoms with van der Waals surface area (Å²) in [6.45, 7) is 7.05. The lowest BCUT2D eigenvalue weighted by molar-refractivity contribution is -0.122. The number of ketones is 1. The number of carbonyl (C=O) groups is 1. The zero-order valence-corrected chi connectivity index (χ0v) is 7.08. The van der Waals surface area contributed by atoms with Gasteiger partial charge in [-0.1, -0.05) is 13.8 Å². The van der Waals surface area contributed by atoms with Crippen LogP contribution in [0.2, 0.25) is 0 Å². The van der Waals surface area contributed by atoms with Crippen molar-refractivity contribution in [2.75, 3.05) is 0 Å². The molecule has 1 radical (unpaired) electrons. The summed E-state index contributed by atoms with van der Waals surface area (Å²) in [7, 11) is 0. The molecular formula is C8H16NO2. The van der Waals surface area contributed by atoms with E-state index in [2.05, 4.69) is 6.92 Å². The lowest BCUT2D eigenvalue weighted by Gasteiger charge is -2.14. The standard InChI is InChI=1S/C8H16NO2/c1-5(2)8(9)7(11)4-6(3)10/h5-6,8,10H,3-4,9H2,1-2H3/t6?,8-/m0/s1. The molecule has 0 aliphatic heterocycles. The minimum absolute atomic E-state index is 0.0549. The predicted octanol–water partition coefficient (Wildman–Crippen LogP) is 0.124. The fraction of sp³-hybridized carbons (Fsp3) is 0.750. The van der Waals surface area contributed by atoms with Gasteiger partial charge >= 0.3 is 0 Å². The summed E-state index contributed by atoms with van der Waals surface area (Å²) in [4.78, 5) is 11.1. The van der Waals surface area contributed by atoms with E-state index in [1.807, 2.05) is 13.8 Å². The number of aliphatic hydroxyl groups excluding tert-OH is 1. The van der Waals surface area contributed by atoms with E-state index in [0.29, 0.717) is 0 Å². The van der Waals surface area contributed by atoms with E-state index < -0.39 is 12.1 Å². The Hall–Kier alpha value is -0.410. The third kappa shape index (κ3) is 4.11. The van der Waals surface area contributed by atoms with Gasteiger partial charge in [0.2, 0.25) is 0 Å². The summed E-state index contributed by atoms with van der Waals surface area (Å²) >= 11 is 0. The largest absolute Gasteiger partial charge is 0.393 e. The quantitative estimate of drug-likeness (QED) is 0.611. The highest BCUT2D eigenvalue weighted by Crippen LogP contribution is 2.03. The summed E-state index contributed by atoms with van der Waals surface area (Å²) in [5, 5.41) is 8.77. The number of rotatable bonds is 4. The molecule has 1 unspecified atom stereocenters. The van der Waals surface area contributed by atoms with Crippen molar-refractivity contribution in [2.24, 2.45) is 11.7 Å². The Balaban J connectivity index is 3.83. The smallest absolute Gasteiger partial charge is 0.152 e. The normalized spacial score (nSPS) is 16.5. The van der Waals surface area contributed by atoms with Crippen LogP contribution in [0.15, 0.2) is 0 Å². The van der Waals surface area contributed by atoms with Gasteiger partial charge in [0.25, 0.3) is 0 Å². The molecule has 0 saturated carbocycles. The maximum absolute atomic E-state index is 11.1. The van der Waals surface area contributed by atoms with Crippen LogP contribution in [0.25, 0.3) is 0 Å². The summed E-state index contributed by atoms with van der Waals surface area (Å²) in [6.07, 6.45) is -0.772. The van der Waals surface area contributed by atoms with Crippen molar-refractivity contribution in [3.05, 3.63) is 6.92 Å². The maximum Gasteiger partial charge on any atom is 0.152 e. The van der Waals surface area contributed by atoms with E-state index in [1.54, 1.807) is 0 Å². The fourth-order valence-electron chi connectivity index (χ4n) is 0.740. The van der Waals surface area contributed by atoms with E-state index in [1.165, 1.54) is 0 Å². The van der Waals surface area contributed by atoms with E-state index in [9.17, 15) is 4.79 Å². The van der Waals surface area contributed by atoms with Crippen molar-refractivity contribution in [3.63, 3.8) is 0 Å². The number of hydrogen-bond donors (Lipinski definition) is 2. The first-order valence-corrected chi connectivity index (χ1v) is 3.74. The van der Waals surface area contributed by atoms with Gasteiger partial charge in [-0.25, -0.2) is 0 Å². The van der Waals surface area contributed by atoms with Gasteiger partial charge in [0.05, 0.1) is 12.1 Å². The second-order valence-electron chi connectivity index (χ2n) is 3.09. The highest BCUT2D eigenvalue weighted by molar-refractivity contribution is 5.84. The minimum atomic E-state index is -0.827. The fourth-order valence-corrected chi connectivity index (χ4v) is 0.740. The van der Waals surface area contributed by atoms with Crippen molar-refractivity contribution in [2.45, 2.75) is 32.4 Å². The molecule has 65 valence electrons. The number of hydrogen-bond acceptors (Lipinski definition) is 3. The first-order valence-electron chi connectivity index (χ1n) is 3.74. The Morgan fingerprint density at radius 2 is 2.09 bits per heavy atom. The minimum Gasteiger partial charge on any atom is -0.393 e. The predicted molar refractivity (Wildman–Crippen MR) is 43.8 cm³/mol. The Labute approximate surface area is 67.6 Å². The van der Waals surface area contributed by atoms with E-state index >= 15 is 0 Å². The first-order chi connectivity index (χ1) is 4.95. The molecule has 3 N–H and O–H groups in total. The monoisotopic (exact) mass is 158 g/mol. The summed E-state index contributed by atoms with van der Waals surface area (Å²) in [6, 6.07) is -0.466. The molecule has 3 heteroatoms. The summed E-state index contributed by atoms with van der Waals surface area (Å²) in [5.74, 6) is 0.00347. The van der Waals surface area contributed by atoms with E-state index in [4.69, 9.17) is 10.8 Å².